The molecule has 1 aromatic rings. The third-order valence-electron chi connectivity index (χ3n) is 3.65. The van der Waals surface area contributed by atoms with Gasteiger partial charge in [0.1, 0.15) is 6.04 Å². The number of nitrogens with zero attached hydrogens (tertiary/aromatic N) is 1. The maximum absolute atomic E-state index is 12.1. The Morgan fingerprint density at radius 3 is 2.64 bits per heavy atom. The second-order valence-electron chi connectivity index (χ2n) is 5.28. The molecule has 6 heteroatoms. The van der Waals surface area contributed by atoms with E-state index < -0.39 is 18.0 Å². The summed E-state index contributed by atoms with van der Waals surface area (Å²) in [5.74, 6) is -1.07. The molecule has 0 bridgehead atoms. The molecule has 1 aromatic carbocycles. The summed E-state index contributed by atoms with van der Waals surface area (Å²) in [6.07, 6.45) is 3.59. The van der Waals surface area contributed by atoms with Crippen LogP contribution in [-0.2, 0) is 14.4 Å². The number of nitrogens with two attached hydrogens (primary N) is 1. The zero-order valence-corrected chi connectivity index (χ0v) is 12.6. The summed E-state index contributed by atoms with van der Waals surface area (Å²) in [5, 5.41) is 2.54. The van der Waals surface area contributed by atoms with Crippen molar-refractivity contribution >= 4 is 23.8 Å². The van der Waals surface area contributed by atoms with Crippen LogP contribution in [0.25, 0.3) is 6.08 Å². The van der Waals surface area contributed by atoms with Gasteiger partial charge in [0.25, 0.3) is 0 Å². The van der Waals surface area contributed by atoms with Crippen molar-refractivity contribution in [3.8, 4) is 0 Å². The Balaban J connectivity index is 2.22. The summed E-state index contributed by atoms with van der Waals surface area (Å²) in [7, 11) is 0. The molecule has 0 saturated heterocycles. The molecule has 0 spiro atoms. The highest BCUT2D eigenvalue weighted by Crippen LogP contribution is 2.32. The van der Waals surface area contributed by atoms with Crippen LogP contribution in [0.15, 0.2) is 30.5 Å². The molecule has 0 aromatic heterocycles. The zero-order valence-electron chi connectivity index (χ0n) is 12.6. The summed E-state index contributed by atoms with van der Waals surface area (Å²) < 4.78 is 0. The second kappa shape index (κ2) is 6.43. The Bertz CT molecular complexity index is 639. The van der Waals surface area contributed by atoms with Crippen LogP contribution in [-0.4, -0.2) is 28.7 Å². The fourth-order valence-electron chi connectivity index (χ4n) is 2.46. The first-order valence-electron chi connectivity index (χ1n) is 7.05. The fourth-order valence-corrected chi connectivity index (χ4v) is 2.46. The van der Waals surface area contributed by atoms with Gasteiger partial charge >= 0.3 is 0 Å². The van der Waals surface area contributed by atoms with Crippen molar-refractivity contribution in [2.45, 2.75) is 32.4 Å². The molecule has 1 aliphatic rings. The molecule has 1 aliphatic heterocycles. The van der Waals surface area contributed by atoms with Gasteiger partial charge in [-0.2, -0.15) is 0 Å². The van der Waals surface area contributed by atoms with Crippen molar-refractivity contribution in [2.24, 2.45) is 5.73 Å². The molecule has 0 aliphatic carbocycles. The molecular weight excluding hydrogens is 282 g/mol. The Morgan fingerprint density at radius 1 is 1.32 bits per heavy atom. The summed E-state index contributed by atoms with van der Waals surface area (Å²) in [6, 6.07) is 6.46. The number of hydrogen-bond donors (Lipinski definition) is 2. The molecule has 0 saturated carbocycles. The molecule has 2 rings (SSSR count). The Kier molecular flexibility index (Phi) is 4.60. The molecule has 22 heavy (non-hydrogen) atoms. The van der Waals surface area contributed by atoms with Crippen LogP contribution in [0, 0.1) is 0 Å². The molecule has 6 nitrogen and oxygen atoms in total. The Hall–Kier alpha value is -2.63. The van der Waals surface area contributed by atoms with Gasteiger partial charge < -0.3 is 16.0 Å². The van der Waals surface area contributed by atoms with Gasteiger partial charge in [-0.25, -0.2) is 0 Å². The van der Waals surface area contributed by atoms with Crippen molar-refractivity contribution in [3.05, 3.63) is 41.6 Å². The normalized spacial score (nSPS) is 17.5. The van der Waals surface area contributed by atoms with Crippen LogP contribution in [0.1, 0.15) is 37.4 Å². The molecule has 0 radical (unpaired) electrons. The van der Waals surface area contributed by atoms with Crippen molar-refractivity contribution in [1.82, 2.24) is 10.2 Å². The van der Waals surface area contributed by atoms with Crippen molar-refractivity contribution in [2.75, 3.05) is 0 Å². The lowest BCUT2D eigenvalue weighted by atomic mass is 9.93. The first-order chi connectivity index (χ1) is 10.4. The van der Waals surface area contributed by atoms with Crippen LogP contribution < -0.4 is 11.1 Å². The van der Waals surface area contributed by atoms with Crippen molar-refractivity contribution in [1.29, 1.82) is 0 Å². The monoisotopic (exact) mass is 301 g/mol. The first kappa shape index (κ1) is 15.8. The van der Waals surface area contributed by atoms with Crippen molar-refractivity contribution < 1.29 is 14.4 Å². The minimum atomic E-state index is -0.743. The number of hydrogen-bond acceptors (Lipinski definition) is 3. The largest absolute Gasteiger partial charge is 0.368 e. The molecule has 2 unspecified atom stereocenters. The second-order valence-corrected chi connectivity index (χ2v) is 5.28. The number of rotatable bonds is 4. The Morgan fingerprint density at radius 2 is 2.00 bits per heavy atom. The number of benzene rings is 1. The van der Waals surface area contributed by atoms with E-state index in [0.717, 1.165) is 11.1 Å². The SMILES string of the molecule is CC(=O)N1C=Cc2ccccc2C1CC(=O)NC(C)C(N)=O. The van der Waals surface area contributed by atoms with Gasteiger partial charge in [-0.1, -0.05) is 24.3 Å². The van der Waals surface area contributed by atoms with Gasteiger partial charge in [-0.15, -0.1) is 0 Å². The molecule has 3 amide bonds. The summed E-state index contributed by atoms with van der Waals surface area (Å²) >= 11 is 0. The van der Waals surface area contributed by atoms with Crippen LogP contribution in [0.5, 0.6) is 0 Å². The quantitative estimate of drug-likeness (QED) is 0.867. The average molecular weight is 301 g/mol. The van der Waals surface area contributed by atoms with Gasteiger partial charge in [-0.3, -0.25) is 14.4 Å². The number of amides is 3. The minimum Gasteiger partial charge on any atom is -0.368 e. The lowest BCUT2D eigenvalue weighted by Gasteiger charge is -2.32. The number of carbonyl (C=O) groups is 3. The lowest BCUT2D eigenvalue weighted by molar-refractivity contribution is -0.131. The van der Waals surface area contributed by atoms with E-state index in [-0.39, 0.29) is 18.2 Å². The number of nitrogens with one attached hydrogen (secondary N) is 1. The van der Waals surface area contributed by atoms with E-state index in [1.54, 1.807) is 6.20 Å². The highest BCUT2D eigenvalue weighted by Gasteiger charge is 2.28. The molecule has 116 valence electrons. The molecular formula is C16H19N3O3. The fraction of sp³-hybridized carbons (Fsp3) is 0.312. The van der Waals surface area contributed by atoms with E-state index in [1.807, 2.05) is 30.3 Å². The predicted molar refractivity (Wildman–Crippen MR) is 82.2 cm³/mol. The van der Waals surface area contributed by atoms with Crippen LogP contribution in [0.4, 0.5) is 0 Å². The van der Waals surface area contributed by atoms with Gasteiger partial charge in [0.15, 0.2) is 0 Å². The van der Waals surface area contributed by atoms with Crippen LogP contribution in [0.3, 0.4) is 0 Å². The van der Waals surface area contributed by atoms with Gasteiger partial charge in [0, 0.05) is 13.1 Å². The standard InChI is InChI=1S/C16H19N3O3/c1-10(16(17)22)18-15(21)9-14-13-6-4-3-5-12(13)7-8-19(14)11(2)20/h3-8,10,14H,9H2,1-2H3,(H2,17,22)(H,18,21). The highest BCUT2D eigenvalue weighted by atomic mass is 16.2. The zero-order chi connectivity index (χ0) is 16.3. The number of carbonyl (C=O) groups excluding carboxylic acids is 3. The van der Waals surface area contributed by atoms with Crippen molar-refractivity contribution in [3.63, 3.8) is 0 Å². The van der Waals surface area contributed by atoms with Gasteiger partial charge in [-0.05, 0) is 24.1 Å². The minimum absolute atomic E-state index is 0.0680. The number of primary amides is 1. The van der Waals surface area contributed by atoms with E-state index in [1.165, 1.54) is 18.7 Å². The van der Waals surface area contributed by atoms with E-state index in [2.05, 4.69) is 5.32 Å². The predicted octanol–water partition coefficient (Wildman–Crippen LogP) is 0.941. The average Bonchev–Trinajstić information content (AvgIpc) is 2.46. The topological polar surface area (TPSA) is 92.5 Å². The third kappa shape index (κ3) is 3.33. The third-order valence-corrected chi connectivity index (χ3v) is 3.65. The Labute approximate surface area is 129 Å². The van der Waals surface area contributed by atoms with Gasteiger partial charge in [0.2, 0.25) is 17.7 Å². The summed E-state index contributed by atoms with van der Waals surface area (Å²) in [4.78, 5) is 36.5. The summed E-state index contributed by atoms with van der Waals surface area (Å²) in [6.45, 7) is 2.98. The lowest BCUT2D eigenvalue weighted by Crippen LogP contribution is -2.43. The maximum atomic E-state index is 12.1. The maximum Gasteiger partial charge on any atom is 0.239 e. The molecule has 0 fully saturated rings. The van der Waals surface area contributed by atoms with E-state index in [9.17, 15) is 14.4 Å². The molecule has 1 heterocycles. The number of fused-ring (bicyclic) bond motifs is 1. The van der Waals surface area contributed by atoms with E-state index >= 15 is 0 Å². The van der Waals surface area contributed by atoms with Gasteiger partial charge in [0.05, 0.1) is 12.5 Å². The first-order valence-corrected chi connectivity index (χ1v) is 7.05. The van der Waals surface area contributed by atoms with E-state index in [0.29, 0.717) is 0 Å². The molecule has 3 N–H and O–H groups in total. The van der Waals surface area contributed by atoms with Crippen LogP contribution in [0.2, 0.25) is 0 Å². The van der Waals surface area contributed by atoms with E-state index in [4.69, 9.17) is 5.73 Å². The van der Waals surface area contributed by atoms with Crippen LogP contribution >= 0.6 is 0 Å². The molecule has 2 atom stereocenters. The highest BCUT2D eigenvalue weighted by molar-refractivity contribution is 5.87. The summed E-state index contributed by atoms with van der Waals surface area (Å²) in [5.41, 5.74) is 7.02. The smallest absolute Gasteiger partial charge is 0.239 e.